The average molecular weight is 273 g/mol. The number of nitro benzene ring substituents is 1. The van der Waals surface area contributed by atoms with E-state index in [0.29, 0.717) is 16.7 Å². The van der Waals surface area contributed by atoms with Crippen molar-refractivity contribution in [2.45, 2.75) is 31.4 Å². The number of nitrogens with two attached hydrogens (primary N) is 1. The minimum atomic E-state index is -0.430. The van der Waals surface area contributed by atoms with Crippen LogP contribution in [0.25, 0.3) is 10.9 Å². The normalized spacial score (nSPS) is 22.1. The van der Waals surface area contributed by atoms with Gasteiger partial charge in [0, 0.05) is 23.7 Å². The first-order chi connectivity index (χ1) is 9.66. The quantitative estimate of drug-likeness (QED) is 0.684. The molecule has 104 valence electrons. The van der Waals surface area contributed by atoms with E-state index in [4.69, 9.17) is 10.5 Å². The number of non-ortho nitro benzene ring substituents is 1. The summed E-state index contributed by atoms with van der Waals surface area (Å²) in [5.41, 5.74) is 6.34. The predicted octanol–water partition coefficient (Wildman–Crippen LogP) is 2.40. The molecule has 1 aliphatic rings. The van der Waals surface area contributed by atoms with Crippen molar-refractivity contribution in [2.24, 2.45) is 5.73 Å². The molecular formula is C14H15N3O3. The number of nitro groups is 1. The minimum absolute atomic E-state index is 0.0105. The molecule has 3 rings (SSSR count). The van der Waals surface area contributed by atoms with Gasteiger partial charge in [-0.15, -0.1) is 0 Å². The van der Waals surface area contributed by atoms with Crippen LogP contribution in [0.5, 0.6) is 5.75 Å². The highest BCUT2D eigenvalue weighted by Crippen LogP contribution is 2.33. The third-order valence-corrected chi connectivity index (χ3v) is 3.69. The van der Waals surface area contributed by atoms with Crippen molar-refractivity contribution in [1.29, 1.82) is 0 Å². The molecule has 2 unspecified atom stereocenters. The Balaban J connectivity index is 2.04. The third-order valence-electron chi connectivity index (χ3n) is 3.69. The summed E-state index contributed by atoms with van der Waals surface area (Å²) in [6, 6.07) is 6.62. The molecule has 20 heavy (non-hydrogen) atoms. The number of rotatable bonds is 3. The molecule has 2 N–H and O–H groups in total. The lowest BCUT2D eigenvalue weighted by Gasteiger charge is -2.18. The van der Waals surface area contributed by atoms with Gasteiger partial charge < -0.3 is 10.5 Å². The third kappa shape index (κ3) is 2.18. The molecule has 2 aromatic rings. The van der Waals surface area contributed by atoms with Gasteiger partial charge in [0.25, 0.3) is 5.69 Å². The maximum Gasteiger partial charge on any atom is 0.295 e. The Bertz CT molecular complexity index is 659. The monoisotopic (exact) mass is 273 g/mol. The fourth-order valence-electron chi connectivity index (χ4n) is 2.65. The molecule has 6 heteroatoms. The van der Waals surface area contributed by atoms with Gasteiger partial charge in [-0.05, 0) is 37.5 Å². The molecule has 0 radical (unpaired) electrons. The lowest BCUT2D eigenvalue weighted by molar-refractivity contribution is -0.383. The van der Waals surface area contributed by atoms with Crippen LogP contribution in [-0.4, -0.2) is 22.1 Å². The lowest BCUT2D eigenvalue weighted by atomic mass is 10.1. The molecule has 0 bridgehead atoms. The van der Waals surface area contributed by atoms with E-state index in [1.165, 1.54) is 6.07 Å². The number of pyridine rings is 1. The molecule has 0 aliphatic heterocycles. The van der Waals surface area contributed by atoms with Gasteiger partial charge in [-0.25, -0.2) is 4.98 Å². The van der Waals surface area contributed by atoms with Crippen molar-refractivity contribution in [3.63, 3.8) is 0 Å². The molecule has 1 fully saturated rings. The van der Waals surface area contributed by atoms with Crippen molar-refractivity contribution >= 4 is 16.6 Å². The summed E-state index contributed by atoms with van der Waals surface area (Å²) in [6.07, 6.45) is 4.43. The van der Waals surface area contributed by atoms with E-state index in [9.17, 15) is 10.1 Å². The molecule has 1 aliphatic carbocycles. The van der Waals surface area contributed by atoms with Gasteiger partial charge in [-0.3, -0.25) is 10.1 Å². The number of hydrogen-bond acceptors (Lipinski definition) is 5. The van der Waals surface area contributed by atoms with Crippen LogP contribution in [0, 0.1) is 10.1 Å². The number of hydrogen-bond donors (Lipinski definition) is 1. The Morgan fingerprint density at radius 3 is 2.90 bits per heavy atom. The Kier molecular flexibility index (Phi) is 3.23. The van der Waals surface area contributed by atoms with E-state index in [1.807, 2.05) is 0 Å². The largest absolute Gasteiger partial charge is 0.488 e. The average Bonchev–Trinajstić information content (AvgIpc) is 2.84. The van der Waals surface area contributed by atoms with Gasteiger partial charge in [0.1, 0.15) is 11.9 Å². The second-order valence-electron chi connectivity index (χ2n) is 4.99. The van der Waals surface area contributed by atoms with Crippen LogP contribution in [0.15, 0.2) is 30.5 Å². The van der Waals surface area contributed by atoms with Crippen LogP contribution in [0.3, 0.4) is 0 Å². The Morgan fingerprint density at radius 2 is 2.20 bits per heavy atom. The van der Waals surface area contributed by atoms with Crippen molar-refractivity contribution in [2.75, 3.05) is 0 Å². The molecule has 0 amide bonds. The van der Waals surface area contributed by atoms with Crippen molar-refractivity contribution in [1.82, 2.24) is 4.98 Å². The van der Waals surface area contributed by atoms with Gasteiger partial charge in [0.05, 0.1) is 4.92 Å². The molecule has 1 aromatic carbocycles. The van der Waals surface area contributed by atoms with Crippen LogP contribution in [0.1, 0.15) is 19.3 Å². The summed E-state index contributed by atoms with van der Waals surface area (Å²) in [5, 5.41) is 11.7. The van der Waals surface area contributed by atoms with Crippen LogP contribution in [0.2, 0.25) is 0 Å². The smallest absolute Gasteiger partial charge is 0.295 e. The van der Waals surface area contributed by atoms with E-state index in [2.05, 4.69) is 4.98 Å². The van der Waals surface area contributed by atoms with E-state index in [1.54, 1.807) is 24.4 Å². The van der Waals surface area contributed by atoms with E-state index in [0.717, 1.165) is 19.3 Å². The van der Waals surface area contributed by atoms with Crippen LogP contribution in [0.4, 0.5) is 5.69 Å². The highest BCUT2D eigenvalue weighted by Gasteiger charge is 2.27. The second kappa shape index (κ2) is 5.05. The van der Waals surface area contributed by atoms with Crippen LogP contribution in [-0.2, 0) is 0 Å². The topological polar surface area (TPSA) is 91.3 Å². The minimum Gasteiger partial charge on any atom is -0.488 e. The predicted molar refractivity (Wildman–Crippen MR) is 74.6 cm³/mol. The first-order valence-electron chi connectivity index (χ1n) is 6.61. The molecular weight excluding hydrogens is 258 g/mol. The van der Waals surface area contributed by atoms with Gasteiger partial charge in [-0.1, -0.05) is 0 Å². The van der Waals surface area contributed by atoms with Crippen molar-refractivity contribution < 1.29 is 9.66 Å². The van der Waals surface area contributed by atoms with E-state index < -0.39 is 4.92 Å². The van der Waals surface area contributed by atoms with Crippen molar-refractivity contribution in [3.05, 3.63) is 40.6 Å². The lowest BCUT2D eigenvalue weighted by Crippen LogP contribution is -2.33. The zero-order valence-corrected chi connectivity index (χ0v) is 10.9. The zero-order chi connectivity index (χ0) is 14.1. The van der Waals surface area contributed by atoms with Gasteiger partial charge >= 0.3 is 0 Å². The molecule has 0 spiro atoms. The maximum absolute atomic E-state index is 11.0. The number of benzene rings is 1. The standard InChI is InChI=1S/C14H15N3O3/c15-10-4-1-5-13(10)20-12-7-6-11(17(18)19)14-9(12)3-2-8-16-14/h2-3,6-8,10,13H,1,4-5,15H2. The summed E-state index contributed by atoms with van der Waals surface area (Å²) in [7, 11) is 0. The molecule has 1 saturated carbocycles. The number of ether oxygens (including phenoxy) is 1. The Labute approximate surface area is 115 Å². The Hall–Kier alpha value is -2.21. The number of nitrogens with zero attached hydrogens (tertiary/aromatic N) is 2. The summed E-state index contributed by atoms with van der Waals surface area (Å²) >= 11 is 0. The molecule has 2 atom stereocenters. The Morgan fingerprint density at radius 1 is 1.35 bits per heavy atom. The molecule has 1 heterocycles. The molecule has 0 saturated heterocycles. The number of fused-ring (bicyclic) bond motifs is 1. The van der Waals surface area contributed by atoms with Gasteiger partial charge in [0.15, 0.2) is 5.52 Å². The summed E-state index contributed by atoms with van der Waals surface area (Å²) in [4.78, 5) is 14.7. The van der Waals surface area contributed by atoms with Crippen LogP contribution >= 0.6 is 0 Å². The summed E-state index contributed by atoms with van der Waals surface area (Å²) in [6.45, 7) is 0. The summed E-state index contributed by atoms with van der Waals surface area (Å²) in [5.74, 6) is 0.612. The maximum atomic E-state index is 11.0. The van der Waals surface area contributed by atoms with E-state index in [-0.39, 0.29) is 17.8 Å². The highest BCUT2D eigenvalue weighted by atomic mass is 16.6. The molecule has 1 aromatic heterocycles. The summed E-state index contributed by atoms with van der Waals surface area (Å²) < 4.78 is 5.95. The molecule has 6 nitrogen and oxygen atoms in total. The first-order valence-corrected chi connectivity index (χ1v) is 6.61. The SMILES string of the molecule is NC1CCCC1Oc1ccc([N+](=O)[O-])c2ncccc12. The zero-order valence-electron chi connectivity index (χ0n) is 10.9. The van der Waals surface area contributed by atoms with Gasteiger partial charge in [-0.2, -0.15) is 0 Å². The highest BCUT2D eigenvalue weighted by molar-refractivity contribution is 5.92. The fourth-order valence-corrected chi connectivity index (χ4v) is 2.65. The first kappa shape index (κ1) is 12.8. The van der Waals surface area contributed by atoms with Crippen LogP contribution < -0.4 is 10.5 Å². The number of aromatic nitrogens is 1. The van der Waals surface area contributed by atoms with E-state index >= 15 is 0 Å². The fraction of sp³-hybridized carbons (Fsp3) is 0.357. The van der Waals surface area contributed by atoms with Crippen molar-refractivity contribution in [3.8, 4) is 5.75 Å². The second-order valence-corrected chi connectivity index (χ2v) is 4.99. The van der Waals surface area contributed by atoms with Gasteiger partial charge in [0.2, 0.25) is 0 Å².